The van der Waals surface area contributed by atoms with Crippen molar-refractivity contribution in [1.29, 1.82) is 5.26 Å². The lowest BCUT2D eigenvalue weighted by atomic mass is 10.1. The van der Waals surface area contributed by atoms with Crippen LogP contribution in [-0.4, -0.2) is 84.5 Å². The number of carbonyl (C=O) groups is 2. The molecule has 5 aromatic rings. The number of aromatic nitrogens is 1. The Kier molecular flexibility index (Phi) is 17.4. The molecule has 16 nitrogen and oxygen atoms in total. The maximum atomic E-state index is 12.9. The number of nitrogens with zero attached hydrogens (tertiary/aromatic N) is 5. The summed E-state index contributed by atoms with van der Waals surface area (Å²) in [5.74, 6) is 3.28. The molecule has 0 aliphatic heterocycles. The summed E-state index contributed by atoms with van der Waals surface area (Å²) < 4.78 is 38.6. The van der Waals surface area contributed by atoms with Crippen LogP contribution in [0, 0.1) is 11.3 Å². The summed E-state index contributed by atoms with van der Waals surface area (Å²) in [6, 6.07) is 22.5. The molecule has 0 aliphatic carbocycles. The lowest BCUT2D eigenvalue weighted by molar-refractivity contribution is 0.0633. The highest BCUT2D eigenvalue weighted by Gasteiger charge is 2.24. The number of carbonyl (C=O) groups excluding carboxylic acids is 2. The second-order valence-electron chi connectivity index (χ2n) is 15.5. The van der Waals surface area contributed by atoms with Crippen LogP contribution in [0.5, 0.6) is 40.2 Å². The third kappa shape index (κ3) is 12.9. The number of oxime groups is 1. The molecule has 0 aliphatic rings. The Labute approximate surface area is 369 Å². The van der Waals surface area contributed by atoms with Gasteiger partial charge in [-0.05, 0) is 130 Å². The van der Waals surface area contributed by atoms with Gasteiger partial charge in [0.25, 0.3) is 11.8 Å². The predicted molar refractivity (Wildman–Crippen MR) is 240 cm³/mol. The molecule has 0 saturated carbocycles. The van der Waals surface area contributed by atoms with Crippen molar-refractivity contribution in [1.82, 2.24) is 15.0 Å². The van der Waals surface area contributed by atoms with E-state index in [1.165, 1.54) is 14.2 Å². The monoisotopic (exact) mass is 866 g/mol. The summed E-state index contributed by atoms with van der Waals surface area (Å²) in [6.07, 6.45) is 0. The van der Waals surface area contributed by atoms with Gasteiger partial charge in [0.15, 0.2) is 40.1 Å². The van der Waals surface area contributed by atoms with Crippen molar-refractivity contribution in [3.8, 4) is 46.3 Å². The molecule has 63 heavy (non-hydrogen) atoms. The molecule has 1 aromatic heterocycles. The van der Waals surface area contributed by atoms with Gasteiger partial charge in [0.2, 0.25) is 13.6 Å². The van der Waals surface area contributed by atoms with Crippen LogP contribution >= 0.6 is 0 Å². The molecule has 2 amide bonds. The van der Waals surface area contributed by atoms with Crippen molar-refractivity contribution in [2.45, 2.75) is 93.4 Å². The van der Waals surface area contributed by atoms with Crippen LogP contribution in [0.2, 0.25) is 0 Å². The molecule has 0 spiro atoms. The van der Waals surface area contributed by atoms with E-state index in [9.17, 15) is 14.9 Å². The van der Waals surface area contributed by atoms with Crippen molar-refractivity contribution < 1.29 is 47.4 Å². The van der Waals surface area contributed by atoms with E-state index in [2.05, 4.69) is 16.4 Å². The summed E-state index contributed by atoms with van der Waals surface area (Å²) in [5, 5.41) is 17.5. The topological polar surface area (TPSA) is 193 Å². The first-order chi connectivity index (χ1) is 30.0. The van der Waals surface area contributed by atoms with Gasteiger partial charge in [-0.2, -0.15) is 5.26 Å². The molecule has 0 atom stereocenters. The maximum Gasteiger partial charge on any atom is 0.254 e. The second-order valence-corrected chi connectivity index (χ2v) is 15.5. The number of nitriles is 1. The van der Waals surface area contributed by atoms with Crippen LogP contribution in [0.3, 0.4) is 0 Å². The molecule has 4 aromatic carbocycles. The number of ether oxygens (including phenoxy) is 6. The number of hydrogen-bond donors (Lipinski definition) is 1. The Morgan fingerprint density at radius 3 is 1.59 bits per heavy atom. The number of benzene rings is 4. The summed E-state index contributed by atoms with van der Waals surface area (Å²) in [5.41, 5.74) is 8.35. The van der Waals surface area contributed by atoms with Crippen LogP contribution in [0.4, 0.5) is 5.82 Å². The molecular weight excluding hydrogens is 809 g/mol. The van der Waals surface area contributed by atoms with E-state index >= 15 is 0 Å². The van der Waals surface area contributed by atoms with Crippen LogP contribution in [0.25, 0.3) is 11.0 Å². The third-order valence-electron chi connectivity index (χ3n) is 9.27. The molecule has 0 radical (unpaired) electrons. The molecule has 0 unspecified atom stereocenters. The fraction of sp³-hybridized carbons (Fsp3) is 0.383. The molecule has 16 heteroatoms. The van der Waals surface area contributed by atoms with E-state index in [4.69, 9.17) is 43.5 Å². The van der Waals surface area contributed by atoms with Gasteiger partial charge < -0.3 is 53.3 Å². The van der Waals surface area contributed by atoms with Gasteiger partial charge in [-0.1, -0.05) is 10.3 Å². The van der Waals surface area contributed by atoms with E-state index in [-0.39, 0.29) is 55.3 Å². The highest BCUT2D eigenvalue weighted by molar-refractivity contribution is 5.96. The minimum Gasteiger partial charge on any atom is -0.493 e. The summed E-state index contributed by atoms with van der Waals surface area (Å²) >= 11 is 0. The van der Waals surface area contributed by atoms with Crippen LogP contribution < -0.4 is 39.0 Å². The molecule has 1 heterocycles. The Bertz CT molecular complexity index is 2380. The van der Waals surface area contributed by atoms with Gasteiger partial charge in [-0.3, -0.25) is 9.59 Å². The van der Waals surface area contributed by atoms with Gasteiger partial charge in [0.1, 0.15) is 17.6 Å². The molecule has 5 rings (SSSR count). The van der Waals surface area contributed by atoms with E-state index in [0.29, 0.717) is 68.3 Å². The van der Waals surface area contributed by atoms with Gasteiger partial charge >= 0.3 is 0 Å². The van der Waals surface area contributed by atoms with Crippen LogP contribution in [-0.2, 0) is 0 Å². The number of amides is 2. The minimum atomic E-state index is -0.116. The fourth-order valence-corrected chi connectivity index (χ4v) is 6.52. The molecule has 0 fully saturated rings. The number of hydrogen-bond acceptors (Lipinski definition) is 14. The van der Waals surface area contributed by atoms with Gasteiger partial charge in [-0.25, -0.2) is 0 Å². The Balaban J connectivity index is 0.000000278. The lowest BCUT2D eigenvalue weighted by Gasteiger charge is -2.31. The average molecular weight is 867 g/mol. The standard InChI is InChI=1S/C25H31N3O5.C22H27N3O5/c1-16(2)27-33-23-13-21(10-8-20(23)14-26)31-15-32-22-11-9-19(12-24(22)30-7)25(29)28(17(3)4)18(5)6;1-13(2)25(14(3)4)22(26)15-6-9-18(20(10-15)27-5)29-12-28-16-7-8-17-19(11-16)30-24-21(17)23/h8-13,17-18H,15H2,1-7H3;6-11,13-14H,12H2,1-5H3,(H2,23,24). The van der Waals surface area contributed by atoms with Crippen molar-refractivity contribution in [3.63, 3.8) is 0 Å². The number of methoxy groups -OCH3 is 2. The van der Waals surface area contributed by atoms with Gasteiger partial charge in [0, 0.05) is 47.4 Å². The van der Waals surface area contributed by atoms with Gasteiger partial charge in [0.05, 0.1) is 30.9 Å². The Morgan fingerprint density at radius 2 is 1.14 bits per heavy atom. The Hall–Kier alpha value is -7.15. The molecule has 0 bridgehead atoms. The summed E-state index contributed by atoms with van der Waals surface area (Å²) in [6.45, 7) is 19.3. The SMILES string of the molecule is COc1cc(C(=O)N(C(C)C)C(C)C)ccc1OCOc1ccc(C#N)c(ON=C(C)C)c1.COc1cc(C(=O)N(C(C)C)C(C)C)ccc1OCOc1ccc2c(N)noc2c1. The fourth-order valence-electron chi connectivity index (χ4n) is 6.52. The largest absolute Gasteiger partial charge is 0.493 e. The number of rotatable bonds is 18. The van der Waals surface area contributed by atoms with Gasteiger partial charge in [-0.15, -0.1) is 0 Å². The lowest BCUT2D eigenvalue weighted by Crippen LogP contribution is -2.42. The zero-order chi connectivity index (χ0) is 46.4. The quantitative estimate of drug-likeness (QED) is 0.0498. The zero-order valence-electron chi connectivity index (χ0n) is 38.0. The van der Waals surface area contributed by atoms with Crippen LogP contribution in [0.15, 0.2) is 82.5 Å². The Morgan fingerprint density at radius 1 is 0.667 bits per heavy atom. The molecular formula is C47H58N6O10. The molecule has 2 N–H and O–H groups in total. The highest BCUT2D eigenvalue weighted by Crippen LogP contribution is 2.32. The summed E-state index contributed by atoms with van der Waals surface area (Å²) in [7, 11) is 3.04. The smallest absolute Gasteiger partial charge is 0.254 e. The first-order valence-corrected chi connectivity index (χ1v) is 20.4. The van der Waals surface area contributed by atoms with Crippen molar-refractivity contribution in [2.24, 2.45) is 5.16 Å². The first-order valence-electron chi connectivity index (χ1n) is 20.4. The molecule has 336 valence electrons. The molecule has 0 saturated heterocycles. The minimum absolute atomic E-state index is 0.0527. The van der Waals surface area contributed by atoms with Crippen molar-refractivity contribution in [2.75, 3.05) is 33.5 Å². The van der Waals surface area contributed by atoms with E-state index in [1.54, 1.807) is 86.6 Å². The van der Waals surface area contributed by atoms with Crippen LogP contribution in [0.1, 0.15) is 95.5 Å². The number of nitrogens with two attached hydrogens (primary N) is 1. The van der Waals surface area contributed by atoms with E-state index in [0.717, 1.165) is 5.39 Å². The normalized spacial score (nSPS) is 10.8. The number of anilines is 1. The number of fused-ring (bicyclic) bond motifs is 1. The van der Waals surface area contributed by atoms with Crippen molar-refractivity contribution in [3.05, 3.63) is 89.5 Å². The number of nitrogen functional groups attached to an aromatic ring is 1. The first kappa shape index (κ1) is 48.5. The van der Waals surface area contributed by atoms with E-state index < -0.39 is 0 Å². The highest BCUT2D eigenvalue weighted by atomic mass is 16.7. The second kappa shape index (κ2) is 22.6. The summed E-state index contributed by atoms with van der Waals surface area (Å²) in [4.78, 5) is 34.8. The predicted octanol–water partition coefficient (Wildman–Crippen LogP) is 9.11. The van der Waals surface area contributed by atoms with Crippen molar-refractivity contribution >= 4 is 34.3 Å². The third-order valence-corrected chi connectivity index (χ3v) is 9.27. The van der Waals surface area contributed by atoms with E-state index in [1.807, 2.05) is 65.2 Å². The average Bonchev–Trinajstić information content (AvgIpc) is 3.61. The maximum absolute atomic E-state index is 12.9. The zero-order valence-corrected chi connectivity index (χ0v) is 38.0.